The van der Waals surface area contributed by atoms with Gasteiger partial charge in [-0.3, -0.25) is 9.59 Å². The standard InChI is InChI=1S/C18H18ClN3O3/c1-11-8-16(25-20-11)18(24)21-7-6-17(23)22(14-3-4-14)10-12-9-13(19)2-5-15(12)21/h2,5,8-9,14H,3-4,6-7,10H2,1H3. The van der Waals surface area contributed by atoms with Crippen molar-refractivity contribution in [2.45, 2.75) is 38.8 Å². The van der Waals surface area contributed by atoms with E-state index >= 15 is 0 Å². The van der Waals surface area contributed by atoms with Gasteiger partial charge in [-0.1, -0.05) is 16.8 Å². The molecule has 0 saturated heterocycles. The maximum atomic E-state index is 12.9. The van der Waals surface area contributed by atoms with Crippen LogP contribution in [0, 0.1) is 6.92 Å². The first kappa shape index (κ1) is 16.1. The lowest BCUT2D eigenvalue weighted by atomic mass is 10.1. The van der Waals surface area contributed by atoms with E-state index in [1.165, 1.54) is 0 Å². The Morgan fingerprint density at radius 3 is 2.80 bits per heavy atom. The summed E-state index contributed by atoms with van der Waals surface area (Å²) in [7, 11) is 0. The van der Waals surface area contributed by atoms with Crippen LogP contribution < -0.4 is 4.90 Å². The number of hydrogen-bond donors (Lipinski definition) is 0. The minimum atomic E-state index is -0.295. The Hall–Kier alpha value is -2.34. The second kappa shape index (κ2) is 6.19. The molecule has 1 saturated carbocycles. The third kappa shape index (κ3) is 3.14. The summed E-state index contributed by atoms with van der Waals surface area (Å²) in [6.07, 6.45) is 2.38. The normalized spacial score (nSPS) is 17.9. The molecule has 0 radical (unpaired) electrons. The van der Waals surface area contributed by atoms with Crippen molar-refractivity contribution in [2.24, 2.45) is 0 Å². The van der Waals surface area contributed by atoms with E-state index in [-0.39, 0.29) is 24.0 Å². The quantitative estimate of drug-likeness (QED) is 0.826. The first-order valence-electron chi connectivity index (χ1n) is 8.36. The molecular formula is C18H18ClN3O3. The monoisotopic (exact) mass is 359 g/mol. The van der Waals surface area contributed by atoms with E-state index in [0.717, 1.165) is 24.1 Å². The Labute approximate surface area is 150 Å². The third-order valence-electron chi connectivity index (χ3n) is 4.61. The van der Waals surface area contributed by atoms with Crippen LogP contribution in [0.2, 0.25) is 5.02 Å². The Balaban J connectivity index is 1.73. The van der Waals surface area contributed by atoms with Gasteiger partial charge in [0.15, 0.2) is 0 Å². The van der Waals surface area contributed by atoms with Crippen molar-refractivity contribution < 1.29 is 14.1 Å². The highest BCUT2D eigenvalue weighted by atomic mass is 35.5. The smallest absolute Gasteiger partial charge is 0.296 e. The summed E-state index contributed by atoms with van der Waals surface area (Å²) < 4.78 is 5.12. The Morgan fingerprint density at radius 1 is 1.32 bits per heavy atom. The number of amides is 2. The average molecular weight is 360 g/mol. The second-order valence-corrected chi connectivity index (χ2v) is 7.00. The summed E-state index contributed by atoms with van der Waals surface area (Å²) in [6, 6.07) is 7.35. The molecule has 2 heterocycles. The van der Waals surface area contributed by atoms with Crippen LogP contribution in [-0.2, 0) is 11.3 Å². The van der Waals surface area contributed by atoms with Gasteiger partial charge in [-0.2, -0.15) is 0 Å². The summed E-state index contributed by atoms with van der Waals surface area (Å²) in [4.78, 5) is 29.0. The lowest BCUT2D eigenvalue weighted by molar-refractivity contribution is -0.132. The predicted octanol–water partition coefficient (Wildman–Crippen LogP) is 3.18. The van der Waals surface area contributed by atoms with E-state index in [1.807, 2.05) is 17.0 Å². The van der Waals surface area contributed by atoms with Crippen molar-refractivity contribution in [3.05, 3.63) is 46.3 Å². The molecule has 0 atom stereocenters. The van der Waals surface area contributed by atoms with Gasteiger partial charge in [-0.15, -0.1) is 0 Å². The van der Waals surface area contributed by atoms with Crippen molar-refractivity contribution in [1.82, 2.24) is 10.1 Å². The molecule has 7 heteroatoms. The van der Waals surface area contributed by atoms with Crippen molar-refractivity contribution in [1.29, 1.82) is 0 Å². The van der Waals surface area contributed by atoms with E-state index < -0.39 is 0 Å². The highest BCUT2D eigenvalue weighted by Crippen LogP contribution is 2.34. The number of aromatic nitrogens is 1. The topological polar surface area (TPSA) is 66.7 Å². The molecule has 1 fully saturated rings. The minimum absolute atomic E-state index is 0.0691. The fourth-order valence-corrected chi connectivity index (χ4v) is 3.41. The molecule has 2 aliphatic rings. The van der Waals surface area contributed by atoms with Gasteiger partial charge in [0.05, 0.1) is 5.69 Å². The first-order valence-corrected chi connectivity index (χ1v) is 8.74. The van der Waals surface area contributed by atoms with E-state index in [2.05, 4.69) is 5.16 Å². The molecular weight excluding hydrogens is 342 g/mol. The summed E-state index contributed by atoms with van der Waals surface area (Å²) in [5, 5.41) is 4.37. The van der Waals surface area contributed by atoms with Crippen LogP contribution in [0.1, 0.15) is 41.1 Å². The summed E-state index contributed by atoms with van der Waals surface area (Å²) in [6.45, 7) is 2.53. The van der Waals surface area contributed by atoms with Crippen LogP contribution in [0.5, 0.6) is 0 Å². The molecule has 6 nitrogen and oxygen atoms in total. The molecule has 1 aliphatic heterocycles. The molecule has 2 aromatic rings. The number of hydrogen-bond acceptors (Lipinski definition) is 4. The fourth-order valence-electron chi connectivity index (χ4n) is 3.21. The highest BCUT2D eigenvalue weighted by molar-refractivity contribution is 6.30. The maximum absolute atomic E-state index is 12.9. The van der Waals surface area contributed by atoms with Gasteiger partial charge < -0.3 is 14.3 Å². The van der Waals surface area contributed by atoms with E-state index in [9.17, 15) is 9.59 Å². The van der Waals surface area contributed by atoms with Crippen molar-refractivity contribution in [3.8, 4) is 0 Å². The molecule has 1 aromatic heterocycles. The molecule has 2 amide bonds. The fraction of sp³-hybridized carbons (Fsp3) is 0.389. The lowest BCUT2D eigenvalue weighted by Gasteiger charge is -2.32. The van der Waals surface area contributed by atoms with E-state index in [1.54, 1.807) is 24.0 Å². The van der Waals surface area contributed by atoms with Crippen LogP contribution in [0.3, 0.4) is 0 Å². The van der Waals surface area contributed by atoms with Gasteiger partial charge in [-0.25, -0.2) is 0 Å². The maximum Gasteiger partial charge on any atom is 0.296 e. The number of anilines is 1. The number of benzene rings is 1. The number of carbonyl (C=O) groups is 2. The van der Waals surface area contributed by atoms with Crippen molar-refractivity contribution >= 4 is 29.1 Å². The zero-order chi connectivity index (χ0) is 17.6. The number of nitrogens with zero attached hydrogens (tertiary/aromatic N) is 3. The van der Waals surface area contributed by atoms with Crippen LogP contribution in [0.25, 0.3) is 0 Å². The predicted molar refractivity (Wildman–Crippen MR) is 92.6 cm³/mol. The molecule has 4 rings (SSSR count). The van der Waals surface area contributed by atoms with Crippen LogP contribution in [0.15, 0.2) is 28.8 Å². The number of aryl methyl sites for hydroxylation is 1. The second-order valence-electron chi connectivity index (χ2n) is 6.57. The Morgan fingerprint density at radius 2 is 2.12 bits per heavy atom. The van der Waals surface area contributed by atoms with Gasteiger partial charge in [0.25, 0.3) is 5.91 Å². The van der Waals surface area contributed by atoms with E-state index in [0.29, 0.717) is 29.8 Å². The SMILES string of the molecule is Cc1cc(C(=O)N2CCC(=O)N(C3CC3)Cc3cc(Cl)ccc32)on1. The Bertz CT molecular complexity index is 844. The van der Waals surface area contributed by atoms with E-state index in [4.69, 9.17) is 16.1 Å². The largest absolute Gasteiger partial charge is 0.351 e. The molecule has 0 N–H and O–H groups in total. The van der Waals surface area contributed by atoms with Gasteiger partial charge >= 0.3 is 0 Å². The minimum Gasteiger partial charge on any atom is -0.351 e. The first-order chi connectivity index (χ1) is 12.0. The molecule has 25 heavy (non-hydrogen) atoms. The van der Waals surface area contributed by atoms with Crippen LogP contribution in [0.4, 0.5) is 5.69 Å². The van der Waals surface area contributed by atoms with Crippen LogP contribution in [-0.4, -0.2) is 34.5 Å². The number of fused-ring (bicyclic) bond motifs is 1. The van der Waals surface area contributed by atoms with Gasteiger partial charge in [-0.05, 0) is 43.5 Å². The number of rotatable bonds is 2. The molecule has 0 bridgehead atoms. The van der Waals surface area contributed by atoms with Gasteiger partial charge in [0.2, 0.25) is 11.7 Å². The molecule has 0 spiro atoms. The lowest BCUT2D eigenvalue weighted by Crippen LogP contribution is -2.41. The molecule has 1 aromatic carbocycles. The van der Waals surface area contributed by atoms with Crippen molar-refractivity contribution in [2.75, 3.05) is 11.4 Å². The Kier molecular flexibility index (Phi) is 4.00. The zero-order valence-corrected chi connectivity index (χ0v) is 14.6. The molecule has 1 aliphatic carbocycles. The van der Waals surface area contributed by atoms with Gasteiger partial charge in [0, 0.05) is 42.3 Å². The number of halogens is 1. The third-order valence-corrected chi connectivity index (χ3v) is 4.85. The highest BCUT2D eigenvalue weighted by Gasteiger charge is 2.35. The average Bonchev–Trinajstić information content (AvgIpc) is 3.32. The summed E-state index contributed by atoms with van der Waals surface area (Å²) >= 11 is 6.16. The van der Waals surface area contributed by atoms with Gasteiger partial charge in [0.1, 0.15) is 0 Å². The molecule has 130 valence electrons. The number of carbonyl (C=O) groups excluding carboxylic acids is 2. The molecule has 0 unspecified atom stereocenters. The van der Waals surface area contributed by atoms with Crippen molar-refractivity contribution in [3.63, 3.8) is 0 Å². The zero-order valence-electron chi connectivity index (χ0n) is 13.9. The summed E-state index contributed by atoms with van der Waals surface area (Å²) in [5.41, 5.74) is 2.28. The summed E-state index contributed by atoms with van der Waals surface area (Å²) in [5.74, 6) is -0.0537. The van der Waals surface area contributed by atoms with Crippen LogP contribution >= 0.6 is 11.6 Å².